The van der Waals surface area contributed by atoms with Crippen LogP contribution in [0.1, 0.15) is 49.3 Å². The molecule has 1 saturated heterocycles. The maximum atomic E-state index is 13.2. The molecule has 27 heavy (non-hydrogen) atoms. The van der Waals surface area contributed by atoms with Crippen LogP contribution in [0.15, 0.2) is 48.8 Å². The number of rotatable bonds is 4. The largest absolute Gasteiger partial charge is 0.334 e. The molecule has 5 heteroatoms. The molecule has 138 valence electrons. The van der Waals surface area contributed by atoms with Crippen molar-refractivity contribution in [2.24, 2.45) is 5.92 Å². The maximum absolute atomic E-state index is 13.2. The van der Waals surface area contributed by atoms with Crippen LogP contribution in [-0.2, 0) is 15.0 Å². The van der Waals surface area contributed by atoms with E-state index in [9.17, 15) is 9.59 Å². The standard InChI is InChI=1S/C22H23N3O2/c26-19(10-9-15-7-8-15)25-13-11-22(20(25)16-4-3-12-23-14-16)17-5-1-2-6-18(17)24-21(22)27/h1-6,12,14-15,20H,7-11,13H2,(H,24,27). The summed E-state index contributed by atoms with van der Waals surface area (Å²) >= 11 is 0. The fourth-order valence-electron chi connectivity index (χ4n) is 4.83. The first-order valence-electron chi connectivity index (χ1n) is 9.80. The van der Waals surface area contributed by atoms with Crippen LogP contribution in [0.5, 0.6) is 0 Å². The van der Waals surface area contributed by atoms with Crippen molar-refractivity contribution in [3.63, 3.8) is 0 Å². The van der Waals surface area contributed by atoms with Gasteiger partial charge < -0.3 is 10.2 Å². The lowest BCUT2D eigenvalue weighted by Crippen LogP contribution is -2.42. The molecule has 1 saturated carbocycles. The van der Waals surface area contributed by atoms with Gasteiger partial charge in [-0.2, -0.15) is 0 Å². The van der Waals surface area contributed by atoms with Crippen molar-refractivity contribution < 1.29 is 9.59 Å². The topological polar surface area (TPSA) is 62.3 Å². The summed E-state index contributed by atoms with van der Waals surface area (Å²) in [5.41, 5.74) is 2.07. The van der Waals surface area contributed by atoms with Gasteiger partial charge in [-0.1, -0.05) is 37.1 Å². The second-order valence-electron chi connectivity index (χ2n) is 7.98. The summed E-state index contributed by atoms with van der Waals surface area (Å²) in [4.78, 5) is 32.5. The number of carbonyl (C=O) groups excluding carboxylic acids is 2. The highest BCUT2D eigenvalue weighted by Crippen LogP contribution is 2.54. The van der Waals surface area contributed by atoms with E-state index in [2.05, 4.69) is 10.3 Å². The third-order valence-corrected chi connectivity index (χ3v) is 6.37. The molecule has 5 nitrogen and oxygen atoms in total. The molecule has 2 amide bonds. The summed E-state index contributed by atoms with van der Waals surface area (Å²) in [6, 6.07) is 11.4. The molecular weight excluding hydrogens is 338 g/mol. The van der Waals surface area contributed by atoms with Gasteiger partial charge in [0.05, 0.1) is 6.04 Å². The van der Waals surface area contributed by atoms with Crippen LogP contribution in [0.4, 0.5) is 5.69 Å². The molecule has 2 fully saturated rings. The Morgan fingerprint density at radius 3 is 2.85 bits per heavy atom. The normalized spacial score (nSPS) is 26.3. The van der Waals surface area contributed by atoms with Gasteiger partial charge in [0, 0.05) is 31.0 Å². The van der Waals surface area contributed by atoms with E-state index < -0.39 is 5.41 Å². The Balaban J connectivity index is 1.57. The zero-order valence-corrected chi connectivity index (χ0v) is 15.2. The summed E-state index contributed by atoms with van der Waals surface area (Å²) in [6.07, 6.45) is 8.20. The van der Waals surface area contributed by atoms with E-state index in [0.29, 0.717) is 19.4 Å². The number of anilines is 1. The highest BCUT2D eigenvalue weighted by Gasteiger charge is 2.59. The van der Waals surface area contributed by atoms with Crippen LogP contribution in [0.2, 0.25) is 0 Å². The summed E-state index contributed by atoms with van der Waals surface area (Å²) in [5.74, 6) is 0.873. The number of hydrogen-bond donors (Lipinski definition) is 1. The third-order valence-electron chi connectivity index (χ3n) is 6.37. The molecule has 1 N–H and O–H groups in total. The van der Waals surface area contributed by atoms with Gasteiger partial charge in [-0.3, -0.25) is 14.6 Å². The van der Waals surface area contributed by atoms with Gasteiger partial charge >= 0.3 is 0 Å². The van der Waals surface area contributed by atoms with Crippen LogP contribution in [-0.4, -0.2) is 28.2 Å². The number of likely N-dealkylation sites (tertiary alicyclic amines) is 1. The third kappa shape index (κ3) is 2.56. The van der Waals surface area contributed by atoms with E-state index in [1.807, 2.05) is 41.3 Å². The van der Waals surface area contributed by atoms with Gasteiger partial charge in [0.15, 0.2) is 0 Å². The van der Waals surface area contributed by atoms with Crippen molar-refractivity contribution in [1.29, 1.82) is 0 Å². The summed E-state index contributed by atoms with van der Waals surface area (Å²) in [5, 5.41) is 3.05. The highest BCUT2D eigenvalue weighted by atomic mass is 16.2. The smallest absolute Gasteiger partial charge is 0.237 e. The first-order valence-corrected chi connectivity index (χ1v) is 9.80. The number of benzene rings is 1. The van der Waals surface area contributed by atoms with E-state index >= 15 is 0 Å². The van der Waals surface area contributed by atoms with E-state index in [1.54, 1.807) is 12.4 Å². The number of hydrogen-bond acceptors (Lipinski definition) is 3. The number of nitrogens with zero attached hydrogens (tertiary/aromatic N) is 2. The molecule has 2 unspecified atom stereocenters. The molecule has 5 rings (SSSR count). The molecule has 2 atom stereocenters. The van der Waals surface area contributed by atoms with Crippen LogP contribution in [0.3, 0.4) is 0 Å². The monoisotopic (exact) mass is 361 g/mol. The Morgan fingerprint density at radius 1 is 1.22 bits per heavy atom. The van der Waals surface area contributed by atoms with Crippen LogP contribution in [0.25, 0.3) is 0 Å². The molecule has 1 aromatic heterocycles. The second kappa shape index (κ2) is 6.19. The number of pyridine rings is 1. The first kappa shape index (κ1) is 16.5. The van der Waals surface area contributed by atoms with Crippen LogP contribution in [0, 0.1) is 5.92 Å². The molecule has 3 aliphatic rings. The molecule has 1 aliphatic carbocycles. The molecule has 3 heterocycles. The van der Waals surface area contributed by atoms with Gasteiger partial charge in [-0.15, -0.1) is 0 Å². The van der Waals surface area contributed by atoms with Gasteiger partial charge in [-0.25, -0.2) is 0 Å². The SMILES string of the molecule is O=C(CCC1CC1)N1CCC2(C(=O)Nc3ccccc32)C1c1cccnc1. The molecule has 0 radical (unpaired) electrons. The fourth-order valence-corrected chi connectivity index (χ4v) is 4.83. The molecule has 1 aromatic carbocycles. The number of carbonyl (C=O) groups is 2. The molecule has 0 bridgehead atoms. The van der Waals surface area contributed by atoms with Crippen molar-refractivity contribution in [3.8, 4) is 0 Å². The Kier molecular flexibility index (Phi) is 3.78. The predicted molar refractivity (Wildman–Crippen MR) is 102 cm³/mol. The van der Waals surface area contributed by atoms with E-state index in [4.69, 9.17) is 0 Å². The molecular formula is C22H23N3O2. The Morgan fingerprint density at radius 2 is 2.07 bits per heavy atom. The minimum atomic E-state index is -0.727. The highest BCUT2D eigenvalue weighted by molar-refractivity contribution is 6.07. The van der Waals surface area contributed by atoms with Crippen molar-refractivity contribution in [2.45, 2.75) is 43.6 Å². The Labute approximate surface area is 158 Å². The molecule has 2 aliphatic heterocycles. The van der Waals surface area contributed by atoms with Gasteiger partial charge in [0.1, 0.15) is 5.41 Å². The summed E-state index contributed by atoms with van der Waals surface area (Å²) < 4.78 is 0. The molecule has 2 aromatic rings. The average Bonchev–Trinajstić information content (AvgIpc) is 3.38. The van der Waals surface area contributed by atoms with Crippen LogP contribution >= 0.6 is 0 Å². The zero-order valence-electron chi connectivity index (χ0n) is 15.2. The lowest BCUT2D eigenvalue weighted by Gasteiger charge is -2.34. The van der Waals surface area contributed by atoms with Crippen molar-refractivity contribution in [1.82, 2.24) is 9.88 Å². The summed E-state index contributed by atoms with van der Waals surface area (Å²) in [7, 11) is 0. The van der Waals surface area contributed by atoms with E-state index in [1.165, 1.54) is 12.8 Å². The van der Waals surface area contributed by atoms with Gasteiger partial charge in [0.2, 0.25) is 11.8 Å². The van der Waals surface area contributed by atoms with Gasteiger partial charge in [-0.05, 0) is 42.0 Å². The van der Waals surface area contributed by atoms with E-state index in [-0.39, 0.29) is 17.9 Å². The van der Waals surface area contributed by atoms with Crippen molar-refractivity contribution >= 4 is 17.5 Å². The summed E-state index contributed by atoms with van der Waals surface area (Å²) in [6.45, 7) is 0.602. The van der Waals surface area contributed by atoms with Crippen LogP contribution < -0.4 is 5.32 Å². The van der Waals surface area contributed by atoms with E-state index in [0.717, 1.165) is 29.2 Å². The zero-order chi connectivity index (χ0) is 18.4. The first-order chi connectivity index (χ1) is 13.2. The number of para-hydroxylation sites is 1. The number of aromatic nitrogens is 1. The second-order valence-corrected chi connectivity index (χ2v) is 7.98. The minimum absolute atomic E-state index is 0.00459. The van der Waals surface area contributed by atoms with Crippen molar-refractivity contribution in [2.75, 3.05) is 11.9 Å². The fraction of sp³-hybridized carbons (Fsp3) is 0.409. The van der Waals surface area contributed by atoms with Crippen molar-refractivity contribution in [3.05, 3.63) is 59.9 Å². The number of fused-ring (bicyclic) bond motifs is 2. The maximum Gasteiger partial charge on any atom is 0.237 e. The Bertz CT molecular complexity index is 893. The number of amides is 2. The lowest BCUT2D eigenvalue weighted by molar-refractivity contribution is -0.133. The van der Waals surface area contributed by atoms with Gasteiger partial charge in [0.25, 0.3) is 0 Å². The lowest BCUT2D eigenvalue weighted by atomic mass is 9.73. The quantitative estimate of drug-likeness (QED) is 0.907. The minimum Gasteiger partial charge on any atom is -0.334 e. The average molecular weight is 361 g/mol. The molecule has 1 spiro atoms. The Hall–Kier alpha value is -2.69. The number of nitrogens with one attached hydrogen (secondary N) is 1. The predicted octanol–water partition coefficient (Wildman–Crippen LogP) is 3.44.